The highest BCUT2D eigenvalue weighted by molar-refractivity contribution is 6.29. The van der Waals surface area contributed by atoms with Crippen molar-refractivity contribution in [2.24, 2.45) is 0 Å². The molecule has 20 heavy (non-hydrogen) atoms. The molecule has 0 unspecified atom stereocenters. The third kappa shape index (κ3) is 4.13. The summed E-state index contributed by atoms with van der Waals surface area (Å²) >= 11 is 5.81. The van der Waals surface area contributed by atoms with Crippen LogP contribution in [0.15, 0.2) is 42.6 Å². The second kappa shape index (κ2) is 6.77. The number of carbonyl (C=O) groups excluding carboxylic acids is 1. The van der Waals surface area contributed by atoms with Crippen molar-refractivity contribution < 1.29 is 9.53 Å². The molecule has 2 aromatic rings. The van der Waals surface area contributed by atoms with Gasteiger partial charge in [-0.25, -0.2) is 9.78 Å². The number of nitrogens with zero attached hydrogens (tertiary/aromatic N) is 1. The van der Waals surface area contributed by atoms with Crippen LogP contribution in [0.4, 0.5) is 16.2 Å². The number of halogens is 1. The highest BCUT2D eigenvalue weighted by Crippen LogP contribution is 2.14. The van der Waals surface area contributed by atoms with Crippen molar-refractivity contribution in [1.29, 1.82) is 0 Å². The summed E-state index contributed by atoms with van der Waals surface area (Å²) in [5, 5.41) is 6.28. The van der Waals surface area contributed by atoms with Crippen molar-refractivity contribution >= 4 is 29.1 Å². The molecule has 104 valence electrons. The maximum Gasteiger partial charge on any atom is 0.411 e. The number of carbonyl (C=O) groups is 1. The van der Waals surface area contributed by atoms with Crippen molar-refractivity contribution in [3.8, 4) is 0 Å². The summed E-state index contributed by atoms with van der Waals surface area (Å²) in [7, 11) is 1.33. The van der Waals surface area contributed by atoms with Crippen LogP contribution in [0, 0.1) is 0 Å². The van der Waals surface area contributed by atoms with Crippen molar-refractivity contribution in [1.82, 2.24) is 4.98 Å². The van der Waals surface area contributed by atoms with E-state index in [-0.39, 0.29) is 0 Å². The topological polar surface area (TPSA) is 63.2 Å². The van der Waals surface area contributed by atoms with Gasteiger partial charge in [0.1, 0.15) is 5.15 Å². The summed E-state index contributed by atoms with van der Waals surface area (Å²) in [6.07, 6.45) is 1.16. The van der Waals surface area contributed by atoms with Gasteiger partial charge < -0.3 is 10.1 Å². The lowest BCUT2D eigenvalue weighted by Gasteiger charge is -2.08. The van der Waals surface area contributed by atoms with E-state index >= 15 is 0 Å². The molecular weight excluding hydrogens is 278 g/mol. The normalized spacial score (nSPS) is 9.90. The van der Waals surface area contributed by atoms with E-state index in [0.717, 1.165) is 11.3 Å². The number of hydrogen-bond acceptors (Lipinski definition) is 4. The predicted octanol–water partition coefficient (Wildman–Crippen LogP) is 3.53. The van der Waals surface area contributed by atoms with E-state index in [0.29, 0.717) is 17.4 Å². The lowest BCUT2D eigenvalue weighted by Crippen LogP contribution is -2.10. The van der Waals surface area contributed by atoms with Gasteiger partial charge in [0.15, 0.2) is 0 Å². The Bertz CT molecular complexity index is 587. The van der Waals surface area contributed by atoms with Gasteiger partial charge in [-0.3, -0.25) is 5.32 Å². The molecule has 0 atom stereocenters. The minimum Gasteiger partial charge on any atom is -0.453 e. The second-order valence-corrected chi connectivity index (χ2v) is 4.42. The average Bonchev–Trinajstić information content (AvgIpc) is 2.46. The van der Waals surface area contributed by atoms with Gasteiger partial charge in [0.05, 0.1) is 7.11 Å². The lowest BCUT2D eigenvalue weighted by molar-refractivity contribution is 0.187. The molecule has 0 radical (unpaired) electrons. The van der Waals surface area contributed by atoms with Gasteiger partial charge in [-0.2, -0.15) is 0 Å². The number of benzene rings is 1. The molecule has 0 spiro atoms. The van der Waals surface area contributed by atoms with Gasteiger partial charge in [0.2, 0.25) is 0 Å². The van der Waals surface area contributed by atoms with Crippen molar-refractivity contribution in [2.45, 2.75) is 6.54 Å². The fourth-order valence-corrected chi connectivity index (χ4v) is 1.77. The SMILES string of the molecule is COC(=O)Nc1ccc(CNc2ccnc(Cl)c2)cc1. The first-order valence-corrected chi connectivity index (χ1v) is 6.34. The smallest absolute Gasteiger partial charge is 0.411 e. The molecular formula is C14H14ClN3O2. The first kappa shape index (κ1) is 14.1. The quantitative estimate of drug-likeness (QED) is 0.846. The van der Waals surface area contributed by atoms with E-state index in [9.17, 15) is 4.79 Å². The van der Waals surface area contributed by atoms with Gasteiger partial charge in [-0.1, -0.05) is 23.7 Å². The molecule has 5 nitrogen and oxygen atoms in total. The second-order valence-electron chi connectivity index (χ2n) is 4.03. The first-order valence-electron chi connectivity index (χ1n) is 5.97. The Labute approximate surface area is 121 Å². The fraction of sp³-hybridized carbons (Fsp3) is 0.143. The van der Waals surface area contributed by atoms with Crippen LogP contribution in [0.5, 0.6) is 0 Å². The molecule has 6 heteroatoms. The number of hydrogen-bond donors (Lipinski definition) is 2. The molecule has 1 amide bonds. The fourth-order valence-electron chi connectivity index (χ4n) is 1.59. The zero-order valence-electron chi connectivity index (χ0n) is 10.9. The van der Waals surface area contributed by atoms with Crippen LogP contribution in [0.1, 0.15) is 5.56 Å². The molecule has 1 aromatic heterocycles. The van der Waals surface area contributed by atoms with Crippen LogP contribution >= 0.6 is 11.6 Å². The molecule has 0 aliphatic heterocycles. The predicted molar refractivity (Wildman–Crippen MR) is 79.0 cm³/mol. The maximum atomic E-state index is 11.0. The first-order chi connectivity index (χ1) is 9.67. The van der Waals surface area contributed by atoms with Gasteiger partial charge in [0, 0.05) is 24.1 Å². The van der Waals surface area contributed by atoms with Crippen molar-refractivity contribution in [3.63, 3.8) is 0 Å². The Morgan fingerprint density at radius 3 is 2.65 bits per heavy atom. The summed E-state index contributed by atoms with van der Waals surface area (Å²) in [4.78, 5) is 15.0. The third-order valence-electron chi connectivity index (χ3n) is 2.61. The molecule has 1 heterocycles. The number of nitrogens with one attached hydrogen (secondary N) is 2. The molecule has 0 saturated carbocycles. The molecule has 0 saturated heterocycles. The van der Waals surface area contributed by atoms with Crippen molar-refractivity contribution in [2.75, 3.05) is 17.7 Å². The van der Waals surface area contributed by atoms with Crippen molar-refractivity contribution in [3.05, 3.63) is 53.3 Å². The average molecular weight is 292 g/mol. The summed E-state index contributed by atoms with van der Waals surface area (Å²) in [6, 6.07) is 11.1. The molecule has 0 aliphatic carbocycles. The third-order valence-corrected chi connectivity index (χ3v) is 2.82. The Kier molecular flexibility index (Phi) is 4.79. The number of amides is 1. The molecule has 0 fully saturated rings. The molecule has 1 aromatic carbocycles. The summed E-state index contributed by atoms with van der Waals surface area (Å²) in [5.41, 5.74) is 2.67. The largest absolute Gasteiger partial charge is 0.453 e. The van der Waals surface area contributed by atoms with E-state index in [2.05, 4.69) is 20.4 Å². The van der Waals surface area contributed by atoms with Crippen LogP contribution in [0.3, 0.4) is 0 Å². The minimum atomic E-state index is -0.484. The minimum absolute atomic E-state index is 0.452. The standard InChI is InChI=1S/C14H14ClN3O2/c1-20-14(19)18-11-4-2-10(3-5-11)9-17-12-6-7-16-13(15)8-12/h2-8H,9H2,1H3,(H,16,17)(H,18,19). The van der Waals surface area contributed by atoms with Crippen LogP contribution in [-0.4, -0.2) is 18.2 Å². The Morgan fingerprint density at radius 2 is 2.00 bits per heavy atom. The van der Waals surface area contributed by atoms with Crippen LogP contribution < -0.4 is 10.6 Å². The zero-order chi connectivity index (χ0) is 14.4. The molecule has 0 bridgehead atoms. The van der Waals surface area contributed by atoms with Gasteiger partial charge >= 0.3 is 6.09 Å². The summed E-state index contributed by atoms with van der Waals surface area (Å²) < 4.78 is 4.52. The van der Waals surface area contributed by atoms with E-state index in [1.54, 1.807) is 12.3 Å². The highest BCUT2D eigenvalue weighted by Gasteiger charge is 2.00. The van der Waals surface area contributed by atoms with Gasteiger partial charge in [-0.15, -0.1) is 0 Å². The van der Waals surface area contributed by atoms with E-state index in [4.69, 9.17) is 11.6 Å². The molecule has 0 aliphatic rings. The zero-order valence-corrected chi connectivity index (χ0v) is 11.6. The number of pyridine rings is 1. The van der Waals surface area contributed by atoms with Crippen LogP contribution in [0.2, 0.25) is 5.15 Å². The monoisotopic (exact) mass is 291 g/mol. The highest BCUT2D eigenvalue weighted by atomic mass is 35.5. The molecule has 2 N–H and O–H groups in total. The number of methoxy groups -OCH3 is 1. The number of anilines is 2. The Balaban J connectivity index is 1.92. The van der Waals surface area contributed by atoms with Crippen LogP contribution in [-0.2, 0) is 11.3 Å². The number of ether oxygens (including phenoxy) is 1. The van der Waals surface area contributed by atoms with Gasteiger partial charge in [0.25, 0.3) is 0 Å². The summed E-state index contributed by atoms with van der Waals surface area (Å²) in [6.45, 7) is 0.652. The Morgan fingerprint density at radius 1 is 1.25 bits per heavy atom. The lowest BCUT2D eigenvalue weighted by atomic mass is 10.2. The van der Waals surface area contributed by atoms with Gasteiger partial charge in [-0.05, 0) is 29.8 Å². The number of rotatable bonds is 4. The van der Waals surface area contributed by atoms with E-state index in [1.807, 2.05) is 30.3 Å². The van der Waals surface area contributed by atoms with Crippen LogP contribution in [0.25, 0.3) is 0 Å². The molecule has 2 rings (SSSR count). The van der Waals surface area contributed by atoms with E-state index < -0.39 is 6.09 Å². The Hall–Kier alpha value is -2.27. The maximum absolute atomic E-state index is 11.0. The number of aromatic nitrogens is 1. The summed E-state index contributed by atoms with van der Waals surface area (Å²) in [5.74, 6) is 0. The van der Waals surface area contributed by atoms with E-state index in [1.165, 1.54) is 7.11 Å².